The third kappa shape index (κ3) is 4.55. The molecule has 0 spiro atoms. The number of nitriles is 1. The number of ether oxygens (including phenoxy) is 1. The van der Waals surface area contributed by atoms with Gasteiger partial charge in [-0.1, -0.05) is 52.3 Å². The molecule has 0 unspecified atom stereocenters. The number of carbonyl (C=O) groups is 2. The Labute approximate surface area is 192 Å². The molecule has 2 amide bonds. The van der Waals surface area contributed by atoms with Crippen molar-refractivity contribution in [2.45, 2.75) is 6.61 Å². The Morgan fingerprint density at radius 1 is 1.03 bits per heavy atom. The van der Waals surface area contributed by atoms with Crippen LogP contribution >= 0.6 is 27.7 Å². The molecule has 1 fully saturated rings. The highest BCUT2D eigenvalue weighted by Gasteiger charge is 2.36. The van der Waals surface area contributed by atoms with E-state index in [0.29, 0.717) is 27.5 Å². The van der Waals surface area contributed by atoms with Gasteiger partial charge >= 0.3 is 0 Å². The van der Waals surface area contributed by atoms with Gasteiger partial charge in [-0.25, -0.2) is 4.90 Å². The van der Waals surface area contributed by atoms with Crippen LogP contribution < -0.4 is 9.64 Å². The molecule has 1 aliphatic rings. The topological polar surface area (TPSA) is 70.4 Å². The molecule has 0 bridgehead atoms. The lowest BCUT2D eigenvalue weighted by Gasteiger charge is -2.12. The van der Waals surface area contributed by atoms with Crippen molar-refractivity contribution in [1.29, 1.82) is 5.26 Å². The molecule has 31 heavy (non-hydrogen) atoms. The van der Waals surface area contributed by atoms with Crippen LogP contribution in [-0.2, 0) is 11.4 Å². The first-order valence-corrected chi connectivity index (χ1v) is 10.9. The lowest BCUT2D eigenvalue weighted by atomic mass is 10.1. The van der Waals surface area contributed by atoms with E-state index in [-0.39, 0.29) is 17.8 Å². The number of anilines is 1. The number of nitrogens with zero attached hydrogens (tertiary/aromatic N) is 2. The Morgan fingerprint density at radius 2 is 1.77 bits per heavy atom. The number of benzene rings is 3. The fourth-order valence-corrected chi connectivity index (χ4v) is 4.29. The van der Waals surface area contributed by atoms with Crippen molar-refractivity contribution in [3.05, 3.63) is 98.9 Å². The molecule has 1 heterocycles. The fourth-order valence-electron chi connectivity index (χ4n) is 3.08. The number of rotatable bonds is 5. The van der Waals surface area contributed by atoms with Crippen LogP contribution in [0.3, 0.4) is 0 Å². The van der Waals surface area contributed by atoms with Crippen LogP contribution in [0.15, 0.2) is 82.2 Å². The van der Waals surface area contributed by atoms with Gasteiger partial charge in [0.15, 0.2) is 0 Å². The average molecular weight is 491 g/mol. The van der Waals surface area contributed by atoms with Crippen LogP contribution in [-0.4, -0.2) is 11.1 Å². The van der Waals surface area contributed by atoms with Crippen molar-refractivity contribution >= 4 is 50.6 Å². The molecule has 0 saturated carbocycles. The minimum Gasteiger partial charge on any atom is -0.488 e. The van der Waals surface area contributed by atoms with Crippen molar-refractivity contribution in [2.75, 3.05) is 4.90 Å². The molecule has 1 saturated heterocycles. The summed E-state index contributed by atoms with van der Waals surface area (Å²) in [6.45, 7) is 0.206. The molecule has 0 atom stereocenters. The smallest absolute Gasteiger partial charge is 0.298 e. The molecule has 5 nitrogen and oxygen atoms in total. The number of hydrogen-bond donors (Lipinski definition) is 0. The number of amides is 2. The van der Waals surface area contributed by atoms with Crippen LogP contribution in [0.4, 0.5) is 10.5 Å². The maximum atomic E-state index is 12.9. The summed E-state index contributed by atoms with van der Waals surface area (Å²) in [7, 11) is 0. The van der Waals surface area contributed by atoms with Gasteiger partial charge in [0, 0.05) is 15.6 Å². The molecular weight excluding hydrogens is 476 g/mol. The Kier molecular flexibility index (Phi) is 6.21. The van der Waals surface area contributed by atoms with Crippen LogP contribution in [0.5, 0.6) is 5.75 Å². The molecule has 7 heteroatoms. The van der Waals surface area contributed by atoms with Crippen LogP contribution in [0.1, 0.15) is 16.7 Å². The third-order valence-electron chi connectivity index (χ3n) is 4.59. The minimum atomic E-state index is -0.373. The van der Waals surface area contributed by atoms with Crippen molar-refractivity contribution in [3.63, 3.8) is 0 Å². The van der Waals surface area contributed by atoms with Gasteiger partial charge < -0.3 is 4.74 Å². The molecule has 0 radical (unpaired) electrons. The standard InChI is InChI=1S/C24H15BrN2O3S/c25-19-10-11-21(30-15-17-7-5-4-6-16(17)14-26)18(12-19)13-22-23(28)27(24(29)31-22)20-8-2-1-3-9-20/h1-13H,15H2/b22-13-. The first-order valence-electron chi connectivity index (χ1n) is 9.30. The molecule has 3 aromatic rings. The van der Waals surface area contributed by atoms with E-state index in [0.717, 1.165) is 26.7 Å². The third-order valence-corrected chi connectivity index (χ3v) is 5.95. The molecule has 152 valence electrons. The first-order chi connectivity index (χ1) is 15.1. The van der Waals surface area contributed by atoms with E-state index in [4.69, 9.17) is 4.74 Å². The quantitative estimate of drug-likeness (QED) is 0.401. The van der Waals surface area contributed by atoms with Gasteiger partial charge in [0.25, 0.3) is 11.1 Å². The van der Waals surface area contributed by atoms with E-state index in [1.165, 1.54) is 0 Å². The van der Waals surface area contributed by atoms with E-state index in [9.17, 15) is 14.9 Å². The summed E-state index contributed by atoms with van der Waals surface area (Å²) >= 11 is 4.33. The summed E-state index contributed by atoms with van der Waals surface area (Å²) in [6, 6.07) is 23.6. The normalized spacial score (nSPS) is 14.7. The zero-order valence-electron chi connectivity index (χ0n) is 16.1. The second kappa shape index (κ2) is 9.21. The lowest BCUT2D eigenvalue weighted by Crippen LogP contribution is -2.27. The van der Waals surface area contributed by atoms with Gasteiger partial charge in [-0.3, -0.25) is 9.59 Å². The zero-order valence-corrected chi connectivity index (χ0v) is 18.5. The van der Waals surface area contributed by atoms with E-state index in [1.54, 1.807) is 48.5 Å². The molecule has 3 aromatic carbocycles. The fraction of sp³-hybridized carbons (Fsp3) is 0.0417. The summed E-state index contributed by atoms with van der Waals surface area (Å²) in [5.41, 5.74) is 2.50. The van der Waals surface area contributed by atoms with Crippen LogP contribution in [0.25, 0.3) is 6.08 Å². The summed E-state index contributed by atoms with van der Waals surface area (Å²) in [6.07, 6.45) is 1.66. The van der Waals surface area contributed by atoms with Gasteiger partial charge in [0.2, 0.25) is 0 Å². The highest BCUT2D eigenvalue weighted by molar-refractivity contribution is 9.10. The molecule has 1 aliphatic heterocycles. The van der Waals surface area contributed by atoms with Crippen LogP contribution in [0, 0.1) is 11.3 Å². The summed E-state index contributed by atoms with van der Waals surface area (Å²) in [5.74, 6) is 0.171. The Morgan fingerprint density at radius 3 is 2.55 bits per heavy atom. The van der Waals surface area contributed by atoms with Crippen LogP contribution in [0.2, 0.25) is 0 Å². The Hall–Kier alpha value is -3.34. The number of halogens is 1. The molecule has 0 aliphatic carbocycles. The maximum absolute atomic E-state index is 12.9. The van der Waals surface area contributed by atoms with Gasteiger partial charge in [-0.05, 0) is 54.2 Å². The van der Waals surface area contributed by atoms with Gasteiger partial charge in [-0.2, -0.15) is 5.26 Å². The number of imide groups is 1. The molecule has 0 aromatic heterocycles. The second-order valence-electron chi connectivity index (χ2n) is 6.59. The summed E-state index contributed by atoms with van der Waals surface area (Å²) in [5, 5.41) is 8.93. The van der Waals surface area contributed by atoms with E-state index in [1.807, 2.05) is 30.3 Å². The van der Waals surface area contributed by atoms with E-state index >= 15 is 0 Å². The van der Waals surface area contributed by atoms with Crippen molar-refractivity contribution < 1.29 is 14.3 Å². The van der Waals surface area contributed by atoms with Gasteiger partial charge in [-0.15, -0.1) is 0 Å². The second-order valence-corrected chi connectivity index (χ2v) is 8.50. The van der Waals surface area contributed by atoms with E-state index in [2.05, 4.69) is 22.0 Å². The number of thioether (sulfide) groups is 1. The minimum absolute atomic E-state index is 0.206. The largest absolute Gasteiger partial charge is 0.488 e. The molecule has 0 N–H and O–H groups in total. The average Bonchev–Trinajstić information content (AvgIpc) is 3.06. The Balaban J connectivity index is 1.62. The van der Waals surface area contributed by atoms with Gasteiger partial charge in [0.1, 0.15) is 12.4 Å². The highest BCUT2D eigenvalue weighted by Crippen LogP contribution is 2.37. The molecule has 4 rings (SSSR count). The highest BCUT2D eigenvalue weighted by atomic mass is 79.9. The van der Waals surface area contributed by atoms with E-state index < -0.39 is 0 Å². The zero-order chi connectivity index (χ0) is 21.8. The van der Waals surface area contributed by atoms with Crippen molar-refractivity contribution in [3.8, 4) is 11.8 Å². The summed E-state index contributed by atoms with van der Waals surface area (Å²) < 4.78 is 6.78. The Bertz CT molecular complexity index is 1240. The number of para-hydroxylation sites is 1. The SMILES string of the molecule is N#Cc1ccccc1COc1ccc(Br)cc1/C=C1\SC(=O)N(c2ccccc2)C1=O. The monoisotopic (exact) mass is 490 g/mol. The first kappa shape index (κ1) is 20.9. The predicted octanol–water partition coefficient (Wildman–Crippen LogP) is 6.14. The van der Waals surface area contributed by atoms with Gasteiger partial charge in [0.05, 0.1) is 22.2 Å². The van der Waals surface area contributed by atoms with Crippen molar-refractivity contribution in [2.24, 2.45) is 0 Å². The number of hydrogen-bond acceptors (Lipinski definition) is 5. The summed E-state index contributed by atoms with van der Waals surface area (Å²) in [4.78, 5) is 26.9. The van der Waals surface area contributed by atoms with Crippen molar-refractivity contribution in [1.82, 2.24) is 0 Å². The molecular formula is C24H15BrN2O3S. The maximum Gasteiger partial charge on any atom is 0.298 e. The number of carbonyl (C=O) groups excluding carboxylic acids is 2. The predicted molar refractivity (Wildman–Crippen MR) is 125 cm³/mol. The lowest BCUT2D eigenvalue weighted by molar-refractivity contribution is -0.113.